The van der Waals surface area contributed by atoms with E-state index in [-0.39, 0.29) is 0 Å². The molecule has 0 aliphatic rings. The van der Waals surface area contributed by atoms with Crippen LogP contribution in [0, 0.1) is 0 Å². The summed E-state index contributed by atoms with van der Waals surface area (Å²) < 4.78 is 0. The van der Waals surface area contributed by atoms with E-state index in [2.05, 4.69) is 4.98 Å². The van der Waals surface area contributed by atoms with Crippen molar-refractivity contribution in [2.24, 2.45) is 0 Å². The maximum Gasteiger partial charge on any atom is 0.0406 e. The monoisotopic (exact) mass is 213 g/mol. The molecule has 0 saturated carbocycles. The number of nitrogen functional groups attached to an aromatic ring is 2. The van der Waals surface area contributed by atoms with Crippen molar-refractivity contribution >= 4 is 11.4 Å². The third kappa shape index (κ3) is 2.51. The summed E-state index contributed by atoms with van der Waals surface area (Å²) >= 11 is 0. The molecule has 4 N–H and O–H groups in total. The molecule has 1 heterocycles. The Morgan fingerprint density at radius 2 is 1.88 bits per heavy atom. The minimum atomic E-state index is 0.755. The minimum absolute atomic E-state index is 0.755. The molecule has 82 valence electrons. The number of aryl methyl sites for hydroxylation is 2. The van der Waals surface area contributed by atoms with Gasteiger partial charge in [-0.15, -0.1) is 0 Å². The fourth-order valence-corrected chi connectivity index (χ4v) is 1.65. The average Bonchev–Trinajstić information content (AvgIpc) is 2.32. The lowest BCUT2D eigenvalue weighted by Crippen LogP contribution is -1.99. The van der Waals surface area contributed by atoms with Gasteiger partial charge in [0.15, 0.2) is 0 Å². The summed E-state index contributed by atoms with van der Waals surface area (Å²) in [6, 6.07) is 11.5. The molecule has 0 radical (unpaired) electrons. The van der Waals surface area contributed by atoms with Gasteiger partial charge < -0.3 is 11.5 Å². The predicted molar refractivity (Wildman–Crippen MR) is 66.9 cm³/mol. The third-order valence-corrected chi connectivity index (χ3v) is 2.54. The first-order chi connectivity index (χ1) is 7.75. The van der Waals surface area contributed by atoms with Gasteiger partial charge in [0.1, 0.15) is 0 Å². The molecule has 0 aliphatic carbocycles. The average molecular weight is 213 g/mol. The Labute approximate surface area is 95.1 Å². The maximum absolute atomic E-state index is 5.88. The van der Waals surface area contributed by atoms with Gasteiger partial charge in [0, 0.05) is 23.3 Å². The number of rotatable bonds is 3. The molecule has 0 atom stereocenters. The Bertz CT molecular complexity index is 466. The van der Waals surface area contributed by atoms with Crippen molar-refractivity contribution in [2.45, 2.75) is 12.8 Å². The lowest BCUT2D eigenvalue weighted by molar-refractivity contribution is 0.916. The van der Waals surface area contributed by atoms with E-state index in [1.165, 1.54) is 0 Å². The SMILES string of the molecule is Nc1ccc(N)c(CCc2ccccn2)c1. The van der Waals surface area contributed by atoms with Crippen LogP contribution in [0.3, 0.4) is 0 Å². The second-order valence-electron chi connectivity index (χ2n) is 3.78. The fraction of sp³-hybridized carbons (Fsp3) is 0.154. The lowest BCUT2D eigenvalue weighted by Gasteiger charge is -2.06. The van der Waals surface area contributed by atoms with Crippen LogP contribution in [0.1, 0.15) is 11.3 Å². The molecule has 0 unspecified atom stereocenters. The van der Waals surface area contributed by atoms with Crippen LogP contribution in [0.15, 0.2) is 42.6 Å². The highest BCUT2D eigenvalue weighted by atomic mass is 14.7. The highest BCUT2D eigenvalue weighted by Crippen LogP contribution is 2.17. The number of nitrogens with zero attached hydrogens (tertiary/aromatic N) is 1. The Morgan fingerprint density at radius 3 is 2.62 bits per heavy atom. The third-order valence-electron chi connectivity index (χ3n) is 2.54. The molecule has 0 spiro atoms. The number of aromatic nitrogens is 1. The molecule has 0 aliphatic heterocycles. The normalized spacial score (nSPS) is 10.2. The van der Waals surface area contributed by atoms with E-state index >= 15 is 0 Å². The van der Waals surface area contributed by atoms with E-state index in [1.807, 2.05) is 36.4 Å². The molecule has 1 aromatic carbocycles. The molecule has 1 aromatic heterocycles. The van der Waals surface area contributed by atoms with Crippen LogP contribution in [-0.2, 0) is 12.8 Å². The summed E-state index contributed by atoms with van der Waals surface area (Å²) in [6.07, 6.45) is 3.56. The Balaban J connectivity index is 2.08. The van der Waals surface area contributed by atoms with Gasteiger partial charge in [-0.05, 0) is 48.7 Å². The predicted octanol–water partition coefficient (Wildman–Crippen LogP) is 2.03. The van der Waals surface area contributed by atoms with E-state index in [9.17, 15) is 0 Å². The number of pyridine rings is 1. The molecule has 2 rings (SSSR count). The van der Waals surface area contributed by atoms with Gasteiger partial charge in [-0.2, -0.15) is 0 Å². The van der Waals surface area contributed by atoms with Crippen LogP contribution < -0.4 is 11.5 Å². The van der Waals surface area contributed by atoms with Crippen molar-refractivity contribution in [1.29, 1.82) is 0 Å². The highest BCUT2D eigenvalue weighted by Gasteiger charge is 2.01. The van der Waals surface area contributed by atoms with Crippen molar-refractivity contribution in [3.8, 4) is 0 Å². The van der Waals surface area contributed by atoms with E-state index in [0.29, 0.717) is 0 Å². The smallest absolute Gasteiger partial charge is 0.0406 e. The highest BCUT2D eigenvalue weighted by molar-refractivity contribution is 5.55. The molecule has 3 heteroatoms. The van der Waals surface area contributed by atoms with E-state index in [4.69, 9.17) is 11.5 Å². The molecule has 16 heavy (non-hydrogen) atoms. The van der Waals surface area contributed by atoms with Gasteiger partial charge in [-0.1, -0.05) is 6.07 Å². The number of benzene rings is 1. The van der Waals surface area contributed by atoms with Crippen LogP contribution in [0.5, 0.6) is 0 Å². The Hall–Kier alpha value is -2.03. The van der Waals surface area contributed by atoms with Gasteiger partial charge in [0.2, 0.25) is 0 Å². The largest absolute Gasteiger partial charge is 0.399 e. The molecular weight excluding hydrogens is 198 g/mol. The van der Waals surface area contributed by atoms with E-state index in [1.54, 1.807) is 6.20 Å². The zero-order valence-corrected chi connectivity index (χ0v) is 9.06. The topological polar surface area (TPSA) is 64.9 Å². The van der Waals surface area contributed by atoms with Crippen molar-refractivity contribution in [1.82, 2.24) is 4.98 Å². The van der Waals surface area contributed by atoms with E-state index in [0.717, 1.165) is 35.5 Å². The number of anilines is 2. The Kier molecular flexibility index (Phi) is 3.05. The molecule has 2 aromatic rings. The number of hydrogen-bond donors (Lipinski definition) is 2. The van der Waals surface area contributed by atoms with Gasteiger partial charge in [-0.25, -0.2) is 0 Å². The van der Waals surface area contributed by atoms with Crippen molar-refractivity contribution in [2.75, 3.05) is 11.5 Å². The molecule has 0 fully saturated rings. The van der Waals surface area contributed by atoms with Gasteiger partial charge in [0.05, 0.1) is 0 Å². The van der Waals surface area contributed by atoms with Crippen LogP contribution in [0.2, 0.25) is 0 Å². The number of hydrogen-bond acceptors (Lipinski definition) is 3. The van der Waals surface area contributed by atoms with E-state index < -0.39 is 0 Å². The van der Waals surface area contributed by atoms with Crippen LogP contribution in [-0.4, -0.2) is 4.98 Å². The summed E-state index contributed by atoms with van der Waals surface area (Å²) in [4.78, 5) is 4.27. The summed E-state index contributed by atoms with van der Waals surface area (Å²) in [6.45, 7) is 0. The lowest BCUT2D eigenvalue weighted by atomic mass is 10.1. The molecule has 3 nitrogen and oxygen atoms in total. The summed E-state index contributed by atoms with van der Waals surface area (Å²) in [5, 5.41) is 0. The molecule has 0 amide bonds. The fourth-order valence-electron chi connectivity index (χ4n) is 1.65. The van der Waals surface area contributed by atoms with Crippen molar-refractivity contribution in [3.63, 3.8) is 0 Å². The second-order valence-corrected chi connectivity index (χ2v) is 3.78. The second kappa shape index (κ2) is 4.66. The quantitative estimate of drug-likeness (QED) is 0.767. The molecular formula is C13H15N3. The first-order valence-corrected chi connectivity index (χ1v) is 5.29. The minimum Gasteiger partial charge on any atom is -0.399 e. The van der Waals surface area contributed by atoms with Gasteiger partial charge >= 0.3 is 0 Å². The van der Waals surface area contributed by atoms with Gasteiger partial charge in [-0.3, -0.25) is 4.98 Å². The summed E-state index contributed by atoms with van der Waals surface area (Å²) in [7, 11) is 0. The maximum atomic E-state index is 5.88. The van der Waals surface area contributed by atoms with Crippen LogP contribution in [0.4, 0.5) is 11.4 Å². The van der Waals surface area contributed by atoms with Crippen molar-refractivity contribution < 1.29 is 0 Å². The summed E-state index contributed by atoms with van der Waals surface area (Å²) in [5.41, 5.74) is 15.3. The number of nitrogens with two attached hydrogens (primary N) is 2. The standard InChI is InChI=1S/C13H15N3/c14-11-5-7-13(15)10(9-11)4-6-12-3-1-2-8-16-12/h1-3,5,7-9H,4,6,14-15H2. The molecule has 0 saturated heterocycles. The van der Waals surface area contributed by atoms with Crippen LogP contribution >= 0.6 is 0 Å². The van der Waals surface area contributed by atoms with Gasteiger partial charge in [0.25, 0.3) is 0 Å². The first kappa shape index (κ1) is 10.5. The first-order valence-electron chi connectivity index (χ1n) is 5.29. The zero-order chi connectivity index (χ0) is 11.4. The molecule has 0 bridgehead atoms. The zero-order valence-electron chi connectivity index (χ0n) is 9.06. The summed E-state index contributed by atoms with van der Waals surface area (Å²) in [5.74, 6) is 0. The van der Waals surface area contributed by atoms with Crippen molar-refractivity contribution in [3.05, 3.63) is 53.9 Å². The van der Waals surface area contributed by atoms with Crippen LogP contribution in [0.25, 0.3) is 0 Å². The Morgan fingerprint density at radius 1 is 1.00 bits per heavy atom.